The van der Waals surface area contributed by atoms with Gasteiger partial charge in [-0.1, -0.05) is 30.7 Å². The Kier molecular flexibility index (Phi) is 4.45. The number of hydrogen-bond donors (Lipinski definition) is 0. The van der Waals surface area contributed by atoms with Gasteiger partial charge in [0.1, 0.15) is 0 Å². The van der Waals surface area contributed by atoms with E-state index in [1.165, 1.54) is 7.11 Å². The van der Waals surface area contributed by atoms with Gasteiger partial charge in [0.2, 0.25) is 5.78 Å². The molecule has 106 valence electrons. The van der Waals surface area contributed by atoms with E-state index in [1.807, 2.05) is 19.9 Å². The van der Waals surface area contributed by atoms with Gasteiger partial charge >= 0.3 is 0 Å². The van der Waals surface area contributed by atoms with Gasteiger partial charge in [-0.2, -0.15) is 5.10 Å². The summed E-state index contributed by atoms with van der Waals surface area (Å²) in [6.45, 7) is 4.60. The first-order chi connectivity index (χ1) is 9.58. The zero-order chi connectivity index (χ0) is 14.7. The van der Waals surface area contributed by atoms with Crippen LogP contribution in [0.4, 0.5) is 0 Å². The molecule has 0 aliphatic heterocycles. The third-order valence-corrected chi connectivity index (χ3v) is 3.52. The maximum Gasteiger partial charge on any atom is 0.214 e. The van der Waals surface area contributed by atoms with Crippen molar-refractivity contribution in [1.82, 2.24) is 9.78 Å². The monoisotopic (exact) mass is 292 g/mol. The summed E-state index contributed by atoms with van der Waals surface area (Å²) in [5, 5.41) is 4.78. The van der Waals surface area contributed by atoms with Crippen LogP contribution in [-0.2, 0) is 6.54 Å². The average molecular weight is 293 g/mol. The molecule has 0 amide bonds. The van der Waals surface area contributed by atoms with Gasteiger partial charge in [-0.15, -0.1) is 0 Å². The second-order valence-corrected chi connectivity index (χ2v) is 4.98. The number of halogens is 1. The minimum atomic E-state index is -0.130. The van der Waals surface area contributed by atoms with E-state index in [9.17, 15) is 4.79 Å². The molecular formula is C15H17ClN2O2. The molecule has 0 aliphatic rings. The first-order valence-corrected chi connectivity index (χ1v) is 6.87. The summed E-state index contributed by atoms with van der Waals surface area (Å²) in [7, 11) is 1.53. The van der Waals surface area contributed by atoms with Gasteiger partial charge in [-0.25, -0.2) is 0 Å². The highest BCUT2D eigenvalue weighted by Crippen LogP contribution is 2.24. The van der Waals surface area contributed by atoms with E-state index in [0.29, 0.717) is 28.6 Å². The lowest BCUT2D eigenvalue weighted by Gasteiger charge is -2.08. The molecule has 5 heteroatoms. The summed E-state index contributed by atoms with van der Waals surface area (Å²) >= 11 is 6.09. The predicted molar refractivity (Wildman–Crippen MR) is 78.7 cm³/mol. The van der Waals surface area contributed by atoms with Crippen molar-refractivity contribution < 1.29 is 9.53 Å². The van der Waals surface area contributed by atoms with Crippen LogP contribution in [0.1, 0.15) is 35.0 Å². The van der Waals surface area contributed by atoms with E-state index in [0.717, 1.165) is 12.0 Å². The molecule has 20 heavy (non-hydrogen) atoms. The van der Waals surface area contributed by atoms with Crippen molar-refractivity contribution in [3.63, 3.8) is 0 Å². The third-order valence-electron chi connectivity index (χ3n) is 3.11. The molecule has 0 bridgehead atoms. The summed E-state index contributed by atoms with van der Waals surface area (Å²) in [6.07, 6.45) is 2.46. The molecule has 0 saturated heterocycles. The van der Waals surface area contributed by atoms with Crippen molar-refractivity contribution in [3.8, 4) is 5.75 Å². The normalized spacial score (nSPS) is 10.6. The van der Waals surface area contributed by atoms with Crippen molar-refractivity contribution in [2.45, 2.75) is 26.8 Å². The Balaban J connectivity index is 2.46. The van der Waals surface area contributed by atoms with Crippen LogP contribution in [-0.4, -0.2) is 22.7 Å². The predicted octanol–water partition coefficient (Wildman–Crippen LogP) is 3.49. The molecule has 1 aromatic heterocycles. The maximum absolute atomic E-state index is 12.6. The van der Waals surface area contributed by atoms with Crippen LogP contribution in [0.5, 0.6) is 5.75 Å². The van der Waals surface area contributed by atoms with Crippen molar-refractivity contribution in [2.75, 3.05) is 7.11 Å². The fraction of sp³-hybridized carbons (Fsp3) is 0.333. The van der Waals surface area contributed by atoms with Crippen LogP contribution < -0.4 is 4.74 Å². The van der Waals surface area contributed by atoms with Gasteiger partial charge in [0.05, 0.1) is 13.3 Å². The first kappa shape index (κ1) is 14.6. The molecule has 1 heterocycles. The molecule has 4 nitrogen and oxygen atoms in total. The molecule has 0 aliphatic carbocycles. The quantitative estimate of drug-likeness (QED) is 0.792. The Morgan fingerprint density at radius 2 is 2.20 bits per heavy atom. The number of carbonyl (C=O) groups is 1. The maximum atomic E-state index is 12.6. The zero-order valence-corrected chi connectivity index (χ0v) is 12.6. The molecule has 0 N–H and O–H groups in total. The molecule has 0 spiro atoms. The van der Waals surface area contributed by atoms with Crippen LogP contribution in [0, 0.1) is 6.92 Å². The number of hydrogen-bond acceptors (Lipinski definition) is 3. The van der Waals surface area contributed by atoms with E-state index in [2.05, 4.69) is 5.10 Å². The molecular weight excluding hydrogens is 276 g/mol. The van der Waals surface area contributed by atoms with Crippen molar-refractivity contribution >= 4 is 17.4 Å². The van der Waals surface area contributed by atoms with E-state index in [4.69, 9.17) is 16.3 Å². The van der Waals surface area contributed by atoms with E-state index in [-0.39, 0.29) is 5.78 Å². The Hall–Kier alpha value is -1.81. The van der Waals surface area contributed by atoms with Crippen molar-refractivity contribution in [1.29, 1.82) is 0 Å². The molecule has 0 fully saturated rings. The molecule has 0 atom stereocenters. The minimum absolute atomic E-state index is 0.130. The number of aromatic nitrogens is 2. The minimum Gasteiger partial charge on any atom is -0.493 e. The number of ketones is 1. The van der Waals surface area contributed by atoms with Crippen LogP contribution in [0.3, 0.4) is 0 Å². The number of rotatable bonds is 5. The van der Waals surface area contributed by atoms with Crippen LogP contribution in [0.25, 0.3) is 0 Å². The van der Waals surface area contributed by atoms with Gasteiger partial charge in [0.15, 0.2) is 11.4 Å². The number of aryl methyl sites for hydroxylation is 2. The summed E-state index contributed by atoms with van der Waals surface area (Å²) in [5.74, 6) is 0.356. The van der Waals surface area contributed by atoms with Gasteiger partial charge in [-0.3, -0.25) is 9.48 Å². The molecule has 1 aromatic carbocycles. The van der Waals surface area contributed by atoms with Crippen LogP contribution in [0.15, 0.2) is 24.4 Å². The highest BCUT2D eigenvalue weighted by Gasteiger charge is 2.21. The number of ether oxygens (including phenoxy) is 1. The number of carbonyl (C=O) groups excluding carboxylic acids is 1. The number of benzene rings is 1. The molecule has 2 aromatic rings. The lowest BCUT2D eigenvalue weighted by molar-refractivity contribution is 0.102. The summed E-state index contributed by atoms with van der Waals surface area (Å²) in [6, 6.07) is 5.29. The fourth-order valence-electron chi connectivity index (χ4n) is 2.00. The van der Waals surface area contributed by atoms with E-state index < -0.39 is 0 Å². The summed E-state index contributed by atoms with van der Waals surface area (Å²) < 4.78 is 6.91. The zero-order valence-electron chi connectivity index (χ0n) is 11.8. The summed E-state index contributed by atoms with van der Waals surface area (Å²) in [5.41, 5.74) is 1.95. The highest BCUT2D eigenvalue weighted by molar-refractivity contribution is 6.31. The number of nitrogens with zero attached hydrogens (tertiary/aromatic N) is 2. The Morgan fingerprint density at radius 3 is 2.80 bits per heavy atom. The fourth-order valence-corrected chi connectivity index (χ4v) is 2.18. The Labute approximate surface area is 123 Å². The first-order valence-electron chi connectivity index (χ1n) is 6.49. The topological polar surface area (TPSA) is 44.1 Å². The standard InChI is InChI=1S/C15H17ClN2O2/c1-4-7-18-14(13(20-3)9-17-18)15(19)11-6-5-10(2)12(16)8-11/h5-6,8-9H,4,7H2,1-3H3. The Morgan fingerprint density at radius 1 is 1.45 bits per heavy atom. The Bertz CT molecular complexity index is 635. The van der Waals surface area contributed by atoms with Crippen molar-refractivity contribution in [2.24, 2.45) is 0 Å². The number of methoxy groups -OCH3 is 1. The second kappa shape index (κ2) is 6.09. The van der Waals surface area contributed by atoms with Crippen LogP contribution in [0.2, 0.25) is 5.02 Å². The summed E-state index contributed by atoms with van der Waals surface area (Å²) in [4.78, 5) is 12.6. The SMILES string of the molecule is CCCn1ncc(OC)c1C(=O)c1ccc(C)c(Cl)c1. The molecule has 0 radical (unpaired) electrons. The second-order valence-electron chi connectivity index (χ2n) is 4.58. The van der Waals surface area contributed by atoms with E-state index in [1.54, 1.807) is 23.0 Å². The third kappa shape index (κ3) is 2.70. The molecule has 0 saturated carbocycles. The van der Waals surface area contributed by atoms with Crippen LogP contribution >= 0.6 is 11.6 Å². The molecule has 0 unspecified atom stereocenters. The van der Waals surface area contributed by atoms with Gasteiger partial charge in [-0.05, 0) is 25.0 Å². The lowest BCUT2D eigenvalue weighted by atomic mass is 10.1. The van der Waals surface area contributed by atoms with Crippen molar-refractivity contribution in [3.05, 3.63) is 46.2 Å². The van der Waals surface area contributed by atoms with Gasteiger partial charge in [0.25, 0.3) is 0 Å². The van der Waals surface area contributed by atoms with Gasteiger partial charge < -0.3 is 4.74 Å². The average Bonchev–Trinajstić information content (AvgIpc) is 2.84. The smallest absolute Gasteiger partial charge is 0.214 e. The molecule has 2 rings (SSSR count). The largest absolute Gasteiger partial charge is 0.493 e. The van der Waals surface area contributed by atoms with E-state index >= 15 is 0 Å². The highest BCUT2D eigenvalue weighted by atomic mass is 35.5. The lowest BCUT2D eigenvalue weighted by Crippen LogP contribution is -2.12. The van der Waals surface area contributed by atoms with Gasteiger partial charge in [0, 0.05) is 17.1 Å².